The molecule has 2 aliphatic rings. The van der Waals surface area contributed by atoms with E-state index in [1.165, 1.54) is 0 Å². The third kappa shape index (κ3) is 5.02. The molecule has 4 rings (SSSR count). The van der Waals surface area contributed by atoms with Crippen molar-refractivity contribution >= 4 is 11.7 Å². The van der Waals surface area contributed by atoms with Crippen LogP contribution < -0.4 is 14.4 Å². The maximum absolute atomic E-state index is 12.4. The van der Waals surface area contributed by atoms with Crippen molar-refractivity contribution in [2.75, 3.05) is 44.7 Å². The second-order valence-corrected chi connectivity index (χ2v) is 8.77. The van der Waals surface area contributed by atoms with Crippen LogP contribution in [0.1, 0.15) is 24.8 Å². The molecule has 8 heteroatoms. The molecule has 178 valence electrons. The smallest absolute Gasteiger partial charge is 0.350 e. The number of methoxy groups -OCH3 is 1. The van der Waals surface area contributed by atoms with Gasteiger partial charge in [-0.25, -0.2) is 4.79 Å². The largest absolute Gasteiger partial charge is 0.508 e. The average Bonchev–Trinajstić information content (AvgIpc) is 2.96. The predicted octanol–water partition coefficient (Wildman–Crippen LogP) is 2.51. The molecule has 2 aromatic rings. The number of aliphatic hydroxyl groups excluding tert-OH is 1. The van der Waals surface area contributed by atoms with Crippen molar-refractivity contribution < 1.29 is 29.6 Å². The molecule has 1 saturated heterocycles. The highest BCUT2D eigenvalue weighted by molar-refractivity contribution is 5.79. The molecule has 0 saturated carbocycles. The van der Waals surface area contributed by atoms with Crippen LogP contribution in [-0.2, 0) is 11.2 Å². The third-order valence-corrected chi connectivity index (χ3v) is 6.76. The normalized spacial score (nSPS) is 23.3. The number of carbonyl (C=O) groups is 1. The van der Waals surface area contributed by atoms with E-state index in [1.807, 2.05) is 24.3 Å². The van der Waals surface area contributed by atoms with Gasteiger partial charge in [0, 0.05) is 44.4 Å². The van der Waals surface area contributed by atoms with Crippen molar-refractivity contribution in [1.29, 1.82) is 0 Å². The number of hydrogen-bond donors (Lipinski definition) is 3. The quantitative estimate of drug-likeness (QED) is 0.584. The monoisotopic (exact) mass is 456 g/mol. The Hall–Kier alpha value is -2.97. The summed E-state index contributed by atoms with van der Waals surface area (Å²) in [5, 5.41) is 30.4. The van der Waals surface area contributed by atoms with Crippen molar-refractivity contribution in [2.24, 2.45) is 0 Å². The highest BCUT2D eigenvalue weighted by atomic mass is 16.5. The molecule has 2 aromatic carbocycles. The SMILES string of the molecule is COc1ccc2c(c1)OC(CCCN1CCN(c3ccc(O)cc3)CC1)(C(=O)O)C(O)CC2. The van der Waals surface area contributed by atoms with Crippen molar-refractivity contribution in [2.45, 2.75) is 37.4 Å². The number of benzene rings is 2. The Bertz CT molecular complexity index is 958. The van der Waals surface area contributed by atoms with Gasteiger partial charge < -0.3 is 29.7 Å². The van der Waals surface area contributed by atoms with Gasteiger partial charge in [-0.3, -0.25) is 4.90 Å². The van der Waals surface area contributed by atoms with Crippen molar-refractivity contribution in [3.8, 4) is 17.2 Å². The van der Waals surface area contributed by atoms with Crippen LogP contribution in [0.15, 0.2) is 42.5 Å². The number of phenols is 1. The van der Waals surface area contributed by atoms with Crippen LogP contribution >= 0.6 is 0 Å². The molecule has 2 unspecified atom stereocenters. The molecule has 2 atom stereocenters. The zero-order valence-corrected chi connectivity index (χ0v) is 18.9. The first-order chi connectivity index (χ1) is 15.9. The Morgan fingerprint density at radius 2 is 1.88 bits per heavy atom. The number of carboxylic acids is 1. The highest BCUT2D eigenvalue weighted by Gasteiger charge is 2.49. The Balaban J connectivity index is 1.37. The topological polar surface area (TPSA) is 103 Å². The lowest BCUT2D eigenvalue weighted by Crippen LogP contribution is -2.54. The maximum atomic E-state index is 12.4. The third-order valence-electron chi connectivity index (χ3n) is 6.76. The molecular weight excluding hydrogens is 424 g/mol. The number of fused-ring (bicyclic) bond motifs is 1. The van der Waals surface area contributed by atoms with Gasteiger partial charge in [0.05, 0.1) is 7.11 Å². The molecule has 0 aromatic heterocycles. The lowest BCUT2D eigenvalue weighted by Gasteiger charge is -2.37. The fraction of sp³-hybridized carbons (Fsp3) is 0.480. The van der Waals surface area contributed by atoms with E-state index in [2.05, 4.69) is 9.80 Å². The molecule has 0 aliphatic carbocycles. The summed E-state index contributed by atoms with van der Waals surface area (Å²) in [6.45, 7) is 4.19. The summed E-state index contributed by atoms with van der Waals surface area (Å²) in [5.41, 5.74) is 0.288. The number of rotatable bonds is 7. The molecule has 2 heterocycles. The standard InChI is InChI=1S/C25H32N2O6/c1-32-21-9-3-18-4-10-23(29)25(24(30)31,33-22(18)17-21)11-2-12-26-13-15-27(16-14-26)19-5-7-20(28)8-6-19/h3,5-9,17,23,28-29H,2,4,10-16H2,1H3,(H,30,31). The van der Waals surface area contributed by atoms with Gasteiger partial charge in [0.25, 0.3) is 0 Å². The second kappa shape index (κ2) is 9.89. The highest BCUT2D eigenvalue weighted by Crippen LogP contribution is 2.37. The van der Waals surface area contributed by atoms with E-state index in [9.17, 15) is 20.1 Å². The number of carboxylic acid groups (broad SMARTS) is 1. The average molecular weight is 457 g/mol. The van der Waals surface area contributed by atoms with E-state index in [0.29, 0.717) is 30.8 Å². The van der Waals surface area contributed by atoms with Gasteiger partial charge in [-0.05, 0) is 61.7 Å². The first-order valence-corrected chi connectivity index (χ1v) is 11.4. The van der Waals surface area contributed by atoms with Gasteiger partial charge in [-0.15, -0.1) is 0 Å². The summed E-state index contributed by atoms with van der Waals surface area (Å²) >= 11 is 0. The number of aryl methyl sites for hydroxylation is 1. The van der Waals surface area contributed by atoms with Crippen LogP contribution in [0.2, 0.25) is 0 Å². The van der Waals surface area contributed by atoms with Crippen LogP contribution in [0.3, 0.4) is 0 Å². The van der Waals surface area contributed by atoms with Gasteiger partial charge in [0.2, 0.25) is 5.60 Å². The molecule has 1 fully saturated rings. The minimum Gasteiger partial charge on any atom is -0.508 e. The summed E-state index contributed by atoms with van der Waals surface area (Å²) in [7, 11) is 1.55. The zero-order chi connectivity index (χ0) is 23.4. The molecule has 0 amide bonds. The summed E-state index contributed by atoms with van der Waals surface area (Å²) in [4.78, 5) is 16.9. The fourth-order valence-corrected chi connectivity index (χ4v) is 4.72. The molecule has 2 aliphatic heterocycles. The summed E-state index contributed by atoms with van der Waals surface area (Å²) in [6.07, 6.45) is 0.603. The van der Waals surface area contributed by atoms with Gasteiger partial charge >= 0.3 is 5.97 Å². The molecule has 3 N–H and O–H groups in total. The van der Waals surface area contributed by atoms with Gasteiger partial charge in [-0.1, -0.05) is 6.07 Å². The van der Waals surface area contributed by atoms with Gasteiger partial charge in [0.15, 0.2) is 0 Å². The van der Waals surface area contributed by atoms with E-state index in [-0.39, 0.29) is 12.2 Å². The van der Waals surface area contributed by atoms with Crippen LogP contribution in [0, 0.1) is 0 Å². The second-order valence-electron chi connectivity index (χ2n) is 8.77. The maximum Gasteiger partial charge on any atom is 0.350 e. The fourth-order valence-electron chi connectivity index (χ4n) is 4.72. The number of hydrogen-bond acceptors (Lipinski definition) is 7. The number of nitrogens with zero attached hydrogens (tertiary/aromatic N) is 2. The van der Waals surface area contributed by atoms with E-state index in [0.717, 1.165) is 44.0 Å². The number of aliphatic carboxylic acids is 1. The number of aromatic hydroxyl groups is 1. The molecule has 0 radical (unpaired) electrons. The number of anilines is 1. The van der Waals surface area contributed by atoms with E-state index < -0.39 is 17.7 Å². The molecule has 8 nitrogen and oxygen atoms in total. The van der Waals surface area contributed by atoms with Crippen molar-refractivity contribution in [3.05, 3.63) is 48.0 Å². The van der Waals surface area contributed by atoms with Crippen LogP contribution in [0.5, 0.6) is 17.2 Å². The summed E-state index contributed by atoms with van der Waals surface area (Å²) in [5.74, 6) is 0.184. The van der Waals surface area contributed by atoms with Gasteiger partial charge in [0.1, 0.15) is 23.4 Å². The van der Waals surface area contributed by atoms with Gasteiger partial charge in [-0.2, -0.15) is 0 Å². The Kier molecular flexibility index (Phi) is 6.95. The Morgan fingerprint density at radius 3 is 2.55 bits per heavy atom. The number of phenolic OH excluding ortho intramolecular Hbond substituents is 1. The first kappa shape index (κ1) is 23.2. The van der Waals surface area contributed by atoms with E-state index in [1.54, 1.807) is 25.3 Å². The minimum atomic E-state index is -1.68. The van der Waals surface area contributed by atoms with Crippen molar-refractivity contribution in [3.63, 3.8) is 0 Å². The predicted molar refractivity (Wildman–Crippen MR) is 124 cm³/mol. The lowest BCUT2D eigenvalue weighted by atomic mass is 9.88. The van der Waals surface area contributed by atoms with Crippen LogP contribution in [0.4, 0.5) is 5.69 Å². The first-order valence-electron chi connectivity index (χ1n) is 11.4. The van der Waals surface area contributed by atoms with Crippen LogP contribution in [0.25, 0.3) is 0 Å². The summed E-state index contributed by atoms with van der Waals surface area (Å²) in [6, 6.07) is 12.6. The molecular formula is C25H32N2O6. The van der Waals surface area contributed by atoms with E-state index in [4.69, 9.17) is 9.47 Å². The molecule has 0 bridgehead atoms. The number of piperazine rings is 1. The van der Waals surface area contributed by atoms with E-state index >= 15 is 0 Å². The number of ether oxygens (including phenoxy) is 2. The Labute approximate surface area is 194 Å². The lowest BCUT2D eigenvalue weighted by molar-refractivity contribution is -0.167. The minimum absolute atomic E-state index is 0.221. The Morgan fingerprint density at radius 1 is 1.15 bits per heavy atom. The molecule has 33 heavy (non-hydrogen) atoms. The van der Waals surface area contributed by atoms with Crippen LogP contribution in [-0.4, -0.2) is 77.7 Å². The van der Waals surface area contributed by atoms with Crippen molar-refractivity contribution in [1.82, 2.24) is 4.90 Å². The molecule has 0 spiro atoms. The number of aliphatic hydroxyl groups is 1. The summed E-state index contributed by atoms with van der Waals surface area (Å²) < 4.78 is 11.3. The zero-order valence-electron chi connectivity index (χ0n) is 18.9.